The van der Waals surface area contributed by atoms with Crippen LogP contribution in [0.3, 0.4) is 0 Å². The van der Waals surface area contributed by atoms with E-state index in [1.807, 2.05) is 24.3 Å². The molecule has 0 aliphatic carbocycles. The van der Waals surface area contributed by atoms with Crippen LogP contribution in [0.2, 0.25) is 0 Å². The summed E-state index contributed by atoms with van der Waals surface area (Å²) in [5, 5.41) is 3.07. The van der Waals surface area contributed by atoms with Gasteiger partial charge in [0.25, 0.3) is 0 Å². The maximum atomic E-state index is 12.5. The standard InChI is InChI=1S/C24H32N2O3/c1-18-7-6-12-26(16-18)17-21-9-5-4-8-20(21)15-25-24(27)14-19-10-11-22(28-2)23(13-19)29-3/h4-5,8-11,13,18H,6-7,12,14-17H2,1-3H3,(H,25,27). The highest BCUT2D eigenvalue weighted by atomic mass is 16.5. The van der Waals surface area contributed by atoms with Crippen LogP contribution in [0.1, 0.15) is 36.5 Å². The zero-order valence-electron chi connectivity index (χ0n) is 17.7. The van der Waals surface area contributed by atoms with Crippen molar-refractivity contribution in [2.75, 3.05) is 27.3 Å². The molecule has 2 aromatic rings. The van der Waals surface area contributed by atoms with Crippen LogP contribution in [-0.2, 0) is 24.3 Å². The van der Waals surface area contributed by atoms with E-state index >= 15 is 0 Å². The Bertz CT molecular complexity index is 822. The lowest BCUT2D eigenvalue weighted by molar-refractivity contribution is -0.120. The predicted octanol–water partition coefficient (Wildman–Crippen LogP) is 3.79. The third-order valence-corrected chi connectivity index (χ3v) is 5.54. The van der Waals surface area contributed by atoms with Crippen LogP contribution in [0.15, 0.2) is 42.5 Å². The minimum atomic E-state index is -0.00128. The highest BCUT2D eigenvalue weighted by Crippen LogP contribution is 2.27. The Labute approximate surface area is 174 Å². The van der Waals surface area contributed by atoms with Crippen LogP contribution in [0.4, 0.5) is 0 Å². The molecule has 3 rings (SSSR count). The Balaban J connectivity index is 1.58. The first-order valence-corrected chi connectivity index (χ1v) is 10.4. The molecule has 156 valence electrons. The first-order valence-electron chi connectivity index (χ1n) is 10.4. The van der Waals surface area contributed by atoms with E-state index in [1.165, 1.54) is 24.0 Å². The fourth-order valence-electron chi connectivity index (χ4n) is 3.99. The molecular formula is C24H32N2O3. The average Bonchev–Trinajstić information content (AvgIpc) is 2.73. The zero-order valence-corrected chi connectivity index (χ0v) is 17.7. The fourth-order valence-corrected chi connectivity index (χ4v) is 3.99. The lowest BCUT2D eigenvalue weighted by Crippen LogP contribution is -2.34. The van der Waals surface area contributed by atoms with Crippen LogP contribution < -0.4 is 14.8 Å². The van der Waals surface area contributed by atoms with Crippen molar-refractivity contribution in [2.45, 2.75) is 39.3 Å². The predicted molar refractivity (Wildman–Crippen MR) is 115 cm³/mol. The summed E-state index contributed by atoms with van der Waals surface area (Å²) in [6, 6.07) is 14.0. The van der Waals surface area contributed by atoms with Crippen molar-refractivity contribution in [3.8, 4) is 11.5 Å². The molecule has 1 atom stereocenters. The summed E-state index contributed by atoms with van der Waals surface area (Å²) in [4.78, 5) is 15.0. The summed E-state index contributed by atoms with van der Waals surface area (Å²) in [6.07, 6.45) is 2.90. The summed E-state index contributed by atoms with van der Waals surface area (Å²) in [7, 11) is 3.20. The van der Waals surface area contributed by atoms with Gasteiger partial charge >= 0.3 is 0 Å². The van der Waals surface area contributed by atoms with E-state index in [2.05, 4.69) is 35.3 Å². The lowest BCUT2D eigenvalue weighted by Gasteiger charge is -2.31. The molecule has 0 spiro atoms. The number of amides is 1. The number of likely N-dealkylation sites (tertiary alicyclic amines) is 1. The molecular weight excluding hydrogens is 364 g/mol. The molecule has 29 heavy (non-hydrogen) atoms. The summed E-state index contributed by atoms with van der Waals surface area (Å²) < 4.78 is 10.6. The molecule has 0 bridgehead atoms. The monoisotopic (exact) mass is 396 g/mol. The second-order valence-electron chi connectivity index (χ2n) is 7.89. The molecule has 1 fully saturated rings. The van der Waals surface area contributed by atoms with Crippen molar-refractivity contribution in [1.82, 2.24) is 10.2 Å². The van der Waals surface area contributed by atoms with E-state index in [-0.39, 0.29) is 5.91 Å². The molecule has 1 N–H and O–H groups in total. The van der Waals surface area contributed by atoms with E-state index in [1.54, 1.807) is 14.2 Å². The van der Waals surface area contributed by atoms with Crippen molar-refractivity contribution in [1.29, 1.82) is 0 Å². The molecule has 1 unspecified atom stereocenters. The van der Waals surface area contributed by atoms with Crippen molar-refractivity contribution >= 4 is 5.91 Å². The molecule has 0 radical (unpaired) electrons. The number of rotatable bonds is 8. The van der Waals surface area contributed by atoms with E-state index < -0.39 is 0 Å². The number of methoxy groups -OCH3 is 2. The molecule has 0 saturated carbocycles. The topological polar surface area (TPSA) is 50.8 Å². The second kappa shape index (κ2) is 10.3. The van der Waals surface area contributed by atoms with Crippen molar-refractivity contribution in [2.24, 2.45) is 5.92 Å². The van der Waals surface area contributed by atoms with Crippen molar-refractivity contribution in [3.05, 3.63) is 59.2 Å². The normalized spacial score (nSPS) is 17.0. The molecule has 0 aromatic heterocycles. The summed E-state index contributed by atoms with van der Waals surface area (Å²) in [5.74, 6) is 2.06. The lowest BCUT2D eigenvalue weighted by atomic mass is 9.99. The second-order valence-corrected chi connectivity index (χ2v) is 7.89. The Morgan fingerprint density at radius 3 is 2.59 bits per heavy atom. The van der Waals surface area contributed by atoms with Gasteiger partial charge in [-0.05, 0) is 54.1 Å². The van der Waals surface area contributed by atoms with Gasteiger partial charge in [-0.3, -0.25) is 9.69 Å². The van der Waals surface area contributed by atoms with Gasteiger partial charge in [0, 0.05) is 19.6 Å². The molecule has 1 aliphatic rings. The third kappa shape index (κ3) is 5.97. The number of ether oxygens (including phenoxy) is 2. The van der Waals surface area contributed by atoms with Crippen LogP contribution >= 0.6 is 0 Å². The number of carbonyl (C=O) groups excluding carboxylic acids is 1. The van der Waals surface area contributed by atoms with E-state index in [9.17, 15) is 4.79 Å². The Morgan fingerprint density at radius 2 is 1.86 bits per heavy atom. The quantitative estimate of drug-likeness (QED) is 0.738. The third-order valence-electron chi connectivity index (χ3n) is 5.54. The van der Waals surface area contributed by atoms with E-state index in [0.29, 0.717) is 24.5 Å². The molecule has 1 aliphatic heterocycles. The first kappa shape index (κ1) is 21.2. The van der Waals surface area contributed by atoms with Crippen LogP contribution in [0.5, 0.6) is 11.5 Å². The Kier molecular flexibility index (Phi) is 7.53. The Hall–Kier alpha value is -2.53. The molecule has 1 saturated heterocycles. The van der Waals surface area contributed by atoms with Gasteiger partial charge in [-0.2, -0.15) is 0 Å². The smallest absolute Gasteiger partial charge is 0.224 e. The number of piperidine rings is 1. The summed E-state index contributed by atoms with van der Waals surface area (Å²) >= 11 is 0. The average molecular weight is 397 g/mol. The minimum absolute atomic E-state index is 0.00128. The Morgan fingerprint density at radius 1 is 1.10 bits per heavy atom. The molecule has 1 heterocycles. The number of hydrogen-bond donors (Lipinski definition) is 1. The van der Waals surface area contributed by atoms with E-state index in [0.717, 1.165) is 31.1 Å². The number of nitrogens with one attached hydrogen (secondary N) is 1. The number of benzene rings is 2. The fraction of sp³-hybridized carbons (Fsp3) is 0.458. The number of hydrogen-bond acceptors (Lipinski definition) is 4. The minimum Gasteiger partial charge on any atom is -0.493 e. The van der Waals surface area contributed by atoms with Gasteiger partial charge in [0.2, 0.25) is 5.91 Å². The van der Waals surface area contributed by atoms with Gasteiger partial charge in [-0.15, -0.1) is 0 Å². The van der Waals surface area contributed by atoms with E-state index in [4.69, 9.17) is 9.47 Å². The highest BCUT2D eigenvalue weighted by Gasteiger charge is 2.17. The van der Waals surface area contributed by atoms with Gasteiger partial charge in [-0.25, -0.2) is 0 Å². The molecule has 5 nitrogen and oxygen atoms in total. The van der Waals surface area contributed by atoms with Crippen LogP contribution in [0, 0.1) is 5.92 Å². The zero-order chi connectivity index (χ0) is 20.6. The van der Waals surface area contributed by atoms with Crippen LogP contribution in [-0.4, -0.2) is 38.1 Å². The maximum Gasteiger partial charge on any atom is 0.224 e. The number of nitrogens with zero attached hydrogens (tertiary/aromatic N) is 1. The summed E-state index contributed by atoms with van der Waals surface area (Å²) in [5.41, 5.74) is 3.38. The SMILES string of the molecule is COc1ccc(CC(=O)NCc2ccccc2CN2CCCC(C)C2)cc1OC. The molecule has 2 aromatic carbocycles. The largest absolute Gasteiger partial charge is 0.493 e. The van der Waals surface area contributed by atoms with Crippen molar-refractivity contribution < 1.29 is 14.3 Å². The van der Waals surface area contributed by atoms with Gasteiger partial charge in [-0.1, -0.05) is 37.3 Å². The molecule has 1 amide bonds. The summed E-state index contributed by atoms with van der Waals surface area (Å²) in [6.45, 7) is 6.13. The van der Waals surface area contributed by atoms with Gasteiger partial charge in [0.1, 0.15) is 0 Å². The maximum absolute atomic E-state index is 12.5. The van der Waals surface area contributed by atoms with Crippen molar-refractivity contribution in [3.63, 3.8) is 0 Å². The molecule has 5 heteroatoms. The first-order chi connectivity index (χ1) is 14.1. The van der Waals surface area contributed by atoms with Gasteiger partial charge in [0.05, 0.1) is 20.6 Å². The van der Waals surface area contributed by atoms with Gasteiger partial charge in [0.15, 0.2) is 11.5 Å². The number of carbonyl (C=O) groups is 1. The van der Waals surface area contributed by atoms with Crippen LogP contribution in [0.25, 0.3) is 0 Å². The van der Waals surface area contributed by atoms with Gasteiger partial charge < -0.3 is 14.8 Å². The highest BCUT2D eigenvalue weighted by molar-refractivity contribution is 5.78.